The molecule has 0 radical (unpaired) electrons. The zero-order valence-electron chi connectivity index (χ0n) is 9.12. The first-order valence-electron chi connectivity index (χ1n) is 4.94. The number of halogens is 4. The van der Waals surface area contributed by atoms with E-state index in [1.54, 1.807) is 0 Å². The van der Waals surface area contributed by atoms with Crippen LogP contribution in [0.15, 0.2) is 24.5 Å². The number of benzene rings is 1. The molecule has 0 bridgehead atoms. The Morgan fingerprint density at radius 1 is 1.11 bits per heavy atom. The van der Waals surface area contributed by atoms with E-state index in [4.69, 9.17) is 51.5 Å². The maximum atomic E-state index is 11.2. The molecule has 2 aromatic rings. The molecule has 0 amide bonds. The van der Waals surface area contributed by atoms with E-state index in [0.29, 0.717) is 5.56 Å². The van der Waals surface area contributed by atoms with Gasteiger partial charge < -0.3 is 5.11 Å². The second-order valence-electron chi connectivity index (χ2n) is 3.57. The van der Waals surface area contributed by atoms with Crippen LogP contribution >= 0.6 is 46.4 Å². The molecule has 3 nitrogen and oxygen atoms in total. The Balaban J connectivity index is 2.80. The normalized spacial score (nSPS) is 10.5. The molecule has 1 heterocycles. The fourth-order valence-corrected chi connectivity index (χ4v) is 2.71. The second kappa shape index (κ2) is 5.55. The van der Waals surface area contributed by atoms with Crippen molar-refractivity contribution in [3.05, 3.63) is 50.2 Å². The van der Waals surface area contributed by atoms with Crippen molar-refractivity contribution in [3.8, 4) is 11.1 Å². The van der Waals surface area contributed by atoms with Crippen LogP contribution in [-0.2, 0) is 0 Å². The van der Waals surface area contributed by atoms with E-state index >= 15 is 0 Å². The highest BCUT2D eigenvalue weighted by Gasteiger charge is 2.20. The van der Waals surface area contributed by atoms with Gasteiger partial charge in [0.25, 0.3) is 0 Å². The predicted octanol–water partition coefficient (Wildman–Crippen LogP) is 5.06. The molecule has 0 unspecified atom stereocenters. The van der Waals surface area contributed by atoms with Gasteiger partial charge >= 0.3 is 5.97 Å². The summed E-state index contributed by atoms with van der Waals surface area (Å²) in [4.78, 5) is 15.1. The zero-order valence-corrected chi connectivity index (χ0v) is 12.1. The zero-order chi connectivity index (χ0) is 14.2. The van der Waals surface area contributed by atoms with Crippen LogP contribution in [0.2, 0.25) is 20.1 Å². The predicted molar refractivity (Wildman–Crippen MR) is 76.7 cm³/mol. The van der Waals surface area contributed by atoms with Crippen LogP contribution in [-0.4, -0.2) is 16.1 Å². The van der Waals surface area contributed by atoms with Crippen molar-refractivity contribution in [1.29, 1.82) is 0 Å². The van der Waals surface area contributed by atoms with Crippen LogP contribution < -0.4 is 0 Å². The molecule has 0 aliphatic carbocycles. The molecule has 2 rings (SSSR count). The van der Waals surface area contributed by atoms with Gasteiger partial charge in [-0.1, -0.05) is 46.4 Å². The molecule has 98 valence electrons. The SMILES string of the molecule is O=C(O)c1ccncc1-c1c(Cl)cc(Cl)c(Cl)c1Cl. The molecular formula is C12H5Cl4NO2. The number of aromatic nitrogens is 1. The summed E-state index contributed by atoms with van der Waals surface area (Å²) in [5.41, 5.74) is 0.601. The minimum absolute atomic E-state index is 0.0252. The molecule has 0 saturated carbocycles. The molecule has 0 aliphatic rings. The summed E-state index contributed by atoms with van der Waals surface area (Å²) in [6, 6.07) is 2.76. The van der Waals surface area contributed by atoms with Crippen LogP contribution in [0.3, 0.4) is 0 Å². The third-order valence-electron chi connectivity index (χ3n) is 2.43. The maximum absolute atomic E-state index is 11.2. The first-order valence-corrected chi connectivity index (χ1v) is 6.45. The summed E-state index contributed by atoms with van der Waals surface area (Å²) in [5.74, 6) is -1.12. The van der Waals surface area contributed by atoms with Gasteiger partial charge in [0.2, 0.25) is 0 Å². The van der Waals surface area contributed by atoms with Gasteiger partial charge in [0.05, 0.1) is 25.7 Å². The summed E-state index contributed by atoms with van der Waals surface area (Å²) in [6.07, 6.45) is 2.73. The summed E-state index contributed by atoms with van der Waals surface area (Å²) in [6.45, 7) is 0. The lowest BCUT2D eigenvalue weighted by molar-refractivity contribution is 0.0697. The molecule has 1 aromatic heterocycles. The molecule has 0 atom stereocenters. The average molecular weight is 337 g/mol. The van der Waals surface area contributed by atoms with Gasteiger partial charge in [-0.2, -0.15) is 0 Å². The lowest BCUT2D eigenvalue weighted by Gasteiger charge is -2.12. The highest BCUT2D eigenvalue weighted by Crippen LogP contribution is 2.43. The Labute approximate surface area is 128 Å². The van der Waals surface area contributed by atoms with Crippen LogP contribution in [0, 0.1) is 0 Å². The average Bonchev–Trinajstić information content (AvgIpc) is 2.36. The monoisotopic (exact) mass is 335 g/mol. The standard InChI is InChI=1S/C12H5Cl4NO2/c13-7-3-8(14)10(15)11(16)9(7)6-4-17-2-1-5(6)12(18)19/h1-4H,(H,18,19). The third kappa shape index (κ3) is 2.65. The summed E-state index contributed by atoms with van der Waals surface area (Å²) in [5, 5.41) is 9.76. The third-order valence-corrected chi connectivity index (χ3v) is 4.00. The Morgan fingerprint density at radius 3 is 2.42 bits per heavy atom. The number of hydrogen-bond donors (Lipinski definition) is 1. The number of hydrogen-bond acceptors (Lipinski definition) is 2. The van der Waals surface area contributed by atoms with Gasteiger partial charge in [0.1, 0.15) is 0 Å². The van der Waals surface area contributed by atoms with E-state index < -0.39 is 5.97 Å². The van der Waals surface area contributed by atoms with E-state index in [2.05, 4.69) is 4.98 Å². The molecule has 1 aromatic carbocycles. The van der Waals surface area contributed by atoms with Crippen molar-refractivity contribution in [3.63, 3.8) is 0 Å². The Kier molecular flexibility index (Phi) is 4.21. The molecule has 0 spiro atoms. The molecule has 19 heavy (non-hydrogen) atoms. The van der Waals surface area contributed by atoms with Gasteiger partial charge in [-0.15, -0.1) is 0 Å². The van der Waals surface area contributed by atoms with Crippen molar-refractivity contribution < 1.29 is 9.90 Å². The van der Waals surface area contributed by atoms with Crippen LogP contribution in [0.25, 0.3) is 11.1 Å². The summed E-state index contributed by atoms with van der Waals surface area (Å²) < 4.78 is 0. The Hall–Kier alpha value is -1.000. The van der Waals surface area contributed by atoms with Crippen molar-refractivity contribution >= 4 is 52.4 Å². The first-order chi connectivity index (χ1) is 8.93. The van der Waals surface area contributed by atoms with Crippen molar-refractivity contribution in [2.45, 2.75) is 0 Å². The smallest absolute Gasteiger partial charge is 0.336 e. The molecular weight excluding hydrogens is 332 g/mol. The van der Waals surface area contributed by atoms with E-state index in [-0.39, 0.29) is 31.2 Å². The Bertz CT molecular complexity index is 673. The number of carboxylic acids is 1. The number of rotatable bonds is 2. The largest absolute Gasteiger partial charge is 0.478 e. The molecule has 0 saturated heterocycles. The van der Waals surface area contributed by atoms with Crippen LogP contribution in [0.5, 0.6) is 0 Å². The molecule has 1 N–H and O–H groups in total. The van der Waals surface area contributed by atoms with Crippen molar-refractivity contribution in [2.75, 3.05) is 0 Å². The quantitative estimate of drug-likeness (QED) is 0.616. The molecule has 0 fully saturated rings. The van der Waals surface area contributed by atoms with E-state index in [1.165, 1.54) is 24.5 Å². The molecule has 0 aliphatic heterocycles. The topological polar surface area (TPSA) is 50.2 Å². The number of carboxylic acid groups (broad SMARTS) is 1. The second-order valence-corrected chi connectivity index (χ2v) is 5.14. The minimum atomic E-state index is -1.12. The minimum Gasteiger partial charge on any atom is -0.478 e. The summed E-state index contributed by atoms with van der Waals surface area (Å²) >= 11 is 24.0. The number of carbonyl (C=O) groups is 1. The van der Waals surface area contributed by atoms with Gasteiger partial charge in [-0.3, -0.25) is 4.98 Å². The fourth-order valence-electron chi connectivity index (χ4n) is 1.59. The number of nitrogens with zero attached hydrogens (tertiary/aromatic N) is 1. The lowest BCUT2D eigenvalue weighted by Crippen LogP contribution is -2.00. The van der Waals surface area contributed by atoms with Gasteiger partial charge in [0.15, 0.2) is 0 Å². The van der Waals surface area contributed by atoms with Crippen LogP contribution in [0.4, 0.5) is 0 Å². The van der Waals surface area contributed by atoms with Gasteiger partial charge in [-0.25, -0.2) is 4.79 Å². The highest BCUT2D eigenvalue weighted by atomic mass is 35.5. The van der Waals surface area contributed by atoms with Crippen LogP contribution in [0.1, 0.15) is 10.4 Å². The van der Waals surface area contributed by atoms with Gasteiger partial charge in [0, 0.05) is 23.5 Å². The number of aromatic carboxylic acids is 1. The van der Waals surface area contributed by atoms with Crippen molar-refractivity contribution in [2.24, 2.45) is 0 Å². The van der Waals surface area contributed by atoms with Crippen molar-refractivity contribution in [1.82, 2.24) is 4.98 Å². The Morgan fingerprint density at radius 2 is 1.79 bits per heavy atom. The molecule has 7 heteroatoms. The van der Waals surface area contributed by atoms with E-state index in [9.17, 15) is 4.79 Å². The highest BCUT2D eigenvalue weighted by molar-refractivity contribution is 6.51. The van der Waals surface area contributed by atoms with Gasteiger partial charge in [-0.05, 0) is 12.1 Å². The van der Waals surface area contributed by atoms with E-state index in [0.717, 1.165) is 0 Å². The first kappa shape index (κ1) is 14.4. The van der Waals surface area contributed by atoms with E-state index in [1.807, 2.05) is 0 Å². The lowest BCUT2D eigenvalue weighted by atomic mass is 10.0. The fraction of sp³-hybridized carbons (Fsp3) is 0. The maximum Gasteiger partial charge on any atom is 0.336 e. The summed E-state index contributed by atoms with van der Waals surface area (Å²) in [7, 11) is 0. The number of pyridine rings is 1.